The van der Waals surface area contributed by atoms with E-state index in [1.165, 1.54) is 6.07 Å². The summed E-state index contributed by atoms with van der Waals surface area (Å²) in [5.74, 6) is -0.507. The summed E-state index contributed by atoms with van der Waals surface area (Å²) in [4.78, 5) is 11.8. The molecule has 1 amide bonds. The summed E-state index contributed by atoms with van der Waals surface area (Å²) in [5.41, 5.74) is 0.632. The summed E-state index contributed by atoms with van der Waals surface area (Å²) < 4.78 is 13.4. The van der Waals surface area contributed by atoms with Gasteiger partial charge in [-0.3, -0.25) is 4.79 Å². The summed E-state index contributed by atoms with van der Waals surface area (Å²) in [6.07, 6.45) is 1.42. The molecule has 1 aromatic carbocycles. The lowest BCUT2D eigenvalue weighted by Crippen LogP contribution is -2.36. The number of carbonyl (C=O) groups excluding carboxylic acids is 1. The minimum absolute atomic E-state index is 0.0842. The summed E-state index contributed by atoms with van der Waals surface area (Å²) in [6, 6.07) is 8.47. The standard InChI is InChI=1S/C15H19FN2O/c1-11(15(19)18-12(2)9-10-17)7-8-13-5-3-4-6-14(13)16/h3-6,11-12H,7-9H2,1-2H3,(H,18,19)/t11-,12+/m1/s1. The number of aryl methyl sites for hydroxylation is 1. The number of nitriles is 1. The van der Waals surface area contributed by atoms with E-state index in [1.54, 1.807) is 25.1 Å². The number of nitrogens with zero attached hydrogens (tertiary/aromatic N) is 1. The van der Waals surface area contributed by atoms with Crippen molar-refractivity contribution in [1.82, 2.24) is 5.32 Å². The van der Waals surface area contributed by atoms with Crippen molar-refractivity contribution in [3.63, 3.8) is 0 Å². The summed E-state index contributed by atoms with van der Waals surface area (Å²) in [5, 5.41) is 11.3. The Kier molecular flexibility index (Phi) is 6.01. The smallest absolute Gasteiger partial charge is 0.223 e. The number of nitrogens with one attached hydrogen (secondary N) is 1. The molecule has 0 saturated carbocycles. The number of halogens is 1. The monoisotopic (exact) mass is 262 g/mol. The third-order valence-corrected chi connectivity index (χ3v) is 3.04. The van der Waals surface area contributed by atoms with Crippen LogP contribution in [0.3, 0.4) is 0 Å². The molecule has 0 aliphatic carbocycles. The van der Waals surface area contributed by atoms with Crippen LogP contribution in [0.4, 0.5) is 4.39 Å². The Morgan fingerprint density at radius 1 is 1.42 bits per heavy atom. The molecule has 1 aromatic rings. The van der Waals surface area contributed by atoms with Gasteiger partial charge >= 0.3 is 0 Å². The topological polar surface area (TPSA) is 52.9 Å². The average Bonchev–Trinajstić information content (AvgIpc) is 2.37. The molecule has 102 valence electrons. The molecule has 0 heterocycles. The Bertz CT molecular complexity index is 467. The fraction of sp³-hybridized carbons (Fsp3) is 0.467. The van der Waals surface area contributed by atoms with E-state index in [0.717, 1.165) is 0 Å². The molecule has 0 aliphatic heterocycles. The quantitative estimate of drug-likeness (QED) is 0.857. The van der Waals surface area contributed by atoms with Gasteiger partial charge < -0.3 is 5.32 Å². The Balaban J connectivity index is 2.43. The van der Waals surface area contributed by atoms with E-state index in [0.29, 0.717) is 24.8 Å². The van der Waals surface area contributed by atoms with Crippen LogP contribution in [0.15, 0.2) is 24.3 Å². The highest BCUT2D eigenvalue weighted by Crippen LogP contribution is 2.13. The minimum atomic E-state index is -0.229. The number of hydrogen-bond donors (Lipinski definition) is 1. The van der Waals surface area contributed by atoms with Gasteiger partial charge in [0.1, 0.15) is 5.82 Å². The normalized spacial score (nSPS) is 13.4. The van der Waals surface area contributed by atoms with Crippen molar-refractivity contribution >= 4 is 5.91 Å². The lowest BCUT2D eigenvalue weighted by Gasteiger charge is -2.15. The zero-order valence-electron chi connectivity index (χ0n) is 11.3. The van der Waals surface area contributed by atoms with Gasteiger partial charge in [-0.05, 0) is 31.4 Å². The second-order valence-electron chi connectivity index (χ2n) is 4.80. The number of benzene rings is 1. The molecule has 0 aliphatic rings. The molecular formula is C15H19FN2O. The molecule has 0 saturated heterocycles. The van der Waals surface area contributed by atoms with Crippen molar-refractivity contribution in [3.05, 3.63) is 35.6 Å². The van der Waals surface area contributed by atoms with Crippen LogP contribution in [0, 0.1) is 23.1 Å². The fourth-order valence-electron chi connectivity index (χ4n) is 1.78. The molecule has 4 heteroatoms. The largest absolute Gasteiger partial charge is 0.352 e. The van der Waals surface area contributed by atoms with Crippen LogP contribution in [0.5, 0.6) is 0 Å². The SMILES string of the molecule is C[C@H](CCc1ccccc1F)C(=O)N[C@@H](C)CC#N. The zero-order valence-corrected chi connectivity index (χ0v) is 11.3. The molecule has 0 spiro atoms. The van der Waals surface area contributed by atoms with Gasteiger partial charge in [-0.25, -0.2) is 4.39 Å². The van der Waals surface area contributed by atoms with Crippen molar-refractivity contribution in [3.8, 4) is 6.07 Å². The van der Waals surface area contributed by atoms with E-state index in [9.17, 15) is 9.18 Å². The summed E-state index contributed by atoms with van der Waals surface area (Å²) in [6.45, 7) is 3.61. The molecular weight excluding hydrogens is 243 g/mol. The maximum Gasteiger partial charge on any atom is 0.223 e. The van der Waals surface area contributed by atoms with E-state index in [1.807, 2.05) is 13.0 Å². The second-order valence-corrected chi connectivity index (χ2v) is 4.80. The van der Waals surface area contributed by atoms with Crippen LogP contribution >= 0.6 is 0 Å². The first-order valence-corrected chi connectivity index (χ1v) is 6.45. The first-order chi connectivity index (χ1) is 9.04. The third-order valence-electron chi connectivity index (χ3n) is 3.04. The first-order valence-electron chi connectivity index (χ1n) is 6.45. The zero-order chi connectivity index (χ0) is 14.3. The number of carbonyl (C=O) groups is 1. The third kappa shape index (κ3) is 5.09. The molecule has 0 bridgehead atoms. The van der Waals surface area contributed by atoms with Crippen LogP contribution in [0.1, 0.15) is 32.3 Å². The Morgan fingerprint density at radius 3 is 2.74 bits per heavy atom. The summed E-state index contributed by atoms with van der Waals surface area (Å²) in [7, 11) is 0. The number of rotatable bonds is 6. The molecule has 0 fully saturated rings. The van der Waals surface area contributed by atoms with E-state index in [4.69, 9.17) is 5.26 Å². The lowest BCUT2D eigenvalue weighted by molar-refractivity contribution is -0.125. The van der Waals surface area contributed by atoms with Gasteiger partial charge in [-0.2, -0.15) is 5.26 Å². The molecule has 0 aromatic heterocycles. The van der Waals surface area contributed by atoms with Gasteiger partial charge in [0.15, 0.2) is 0 Å². The molecule has 2 atom stereocenters. The Hall–Kier alpha value is -1.89. The van der Waals surface area contributed by atoms with Gasteiger partial charge in [0, 0.05) is 12.0 Å². The fourth-order valence-corrected chi connectivity index (χ4v) is 1.78. The number of hydrogen-bond acceptors (Lipinski definition) is 2. The van der Waals surface area contributed by atoms with Crippen LogP contribution < -0.4 is 5.32 Å². The minimum Gasteiger partial charge on any atom is -0.352 e. The van der Waals surface area contributed by atoms with Crippen molar-refractivity contribution in [2.75, 3.05) is 0 Å². The van der Waals surface area contributed by atoms with Crippen molar-refractivity contribution in [2.45, 2.75) is 39.2 Å². The molecule has 1 N–H and O–H groups in total. The predicted octanol–water partition coefficient (Wildman–Crippen LogP) is 2.81. The van der Waals surface area contributed by atoms with Crippen LogP contribution in [-0.2, 0) is 11.2 Å². The molecule has 3 nitrogen and oxygen atoms in total. The van der Waals surface area contributed by atoms with Gasteiger partial charge in [0.25, 0.3) is 0 Å². The van der Waals surface area contributed by atoms with Crippen molar-refractivity contribution in [2.24, 2.45) is 5.92 Å². The van der Waals surface area contributed by atoms with Crippen molar-refractivity contribution in [1.29, 1.82) is 5.26 Å². The van der Waals surface area contributed by atoms with E-state index in [-0.39, 0.29) is 23.7 Å². The maximum absolute atomic E-state index is 13.4. The molecule has 1 rings (SSSR count). The molecule has 0 radical (unpaired) electrons. The lowest BCUT2D eigenvalue weighted by atomic mass is 9.99. The Labute approximate surface area is 113 Å². The second kappa shape index (κ2) is 7.52. The highest BCUT2D eigenvalue weighted by Gasteiger charge is 2.15. The van der Waals surface area contributed by atoms with Crippen LogP contribution in [-0.4, -0.2) is 11.9 Å². The number of amides is 1. The van der Waals surface area contributed by atoms with Crippen molar-refractivity contribution < 1.29 is 9.18 Å². The molecule has 0 unspecified atom stereocenters. The highest BCUT2D eigenvalue weighted by atomic mass is 19.1. The van der Waals surface area contributed by atoms with Crippen LogP contribution in [0.25, 0.3) is 0 Å². The van der Waals surface area contributed by atoms with Crippen LogP contribution in [0.2, 0.25) is 0 Å². The van der Waals surface area contributed by atoms with E-state index >= 15 is 0 Å². The molecule has 19 heavy (non-hydrogen) atoms. The predicted molar refractivity (Wildman–Crippen MR) is 71.7 cm³/mol. The maximum atomic E-state index is 13.4. The van der Waals surface area contributed by atoms with Gasteiger partial charge in [0.05, 0.1) is 12.5 Å². The van der Waals surface area contributed by atoms with Gasteiger partial charge in [-0.15, -0.1) is 0 Å². The Morgan fingerprint density at radius 2 is 2.11 bits per heavy atom. The highest BCUT2D eigenvalue weighted by molar-refractivity contribution is 5.78. The van der Waals surface area contributed by atoms with E-state index < -0.39 is 0 Å². The van der Waals surface area contributed by atoms with Gasteiger partial charge in [-0.1, -0.05) is 25.1 Å². The van der Waals surface area contributed by atoms with E-state index in [2.05, 4.69) is 5.32 Å². The van der Waals surface area contributed by atoms with Gasteiger partial charge in [0.2, 0.25) is 5.91 Å². The average molecular weight is 262 g/mol. The summed E-state index contributed by atoms with van der Waals surface area (Å²) >= 11 is 0. The first kappa shape index (κ1) is 15.2.